The van der Waals surface area contributed by atoms with Crippen molar-refractivity contribution in [1.29, 1.82) is 0 Å². The molecule has 0 aromatic heterocycles. The monoisotopic (exact) mass is 894 g/mol. The first kappa shape index (κ1) is 52.8. The van der Waals surface area contributed by atoms with Gasteiger partial charge in [0.05, 0.1) is 49.7 Å². The zero-order valence-corrected chi connectivity index (χ0v) is 39.3. The second-order valence-electron chi connectivity index (χ2n) is 17.1. The van der Waals surface area contributed by atoms with Crippen molar-refractivity contribution in [3.8, 4) is 0 Å². The molecule has 0 bridgehead atoms. The van der Waals surface area contributed by atoms with Gasteiger partial charge in [-0.05, 0) is 61.3 Å². The van der Waals surface area contributed by atoms with E-state index in [0.717, 1.165) is 12.0 Å². The maximum Gasteiger partial charge on any atom is 0.410 e. The number of nitrogens with zero attached hydrogens (tertiary/aromatic N) is 3. The maximum absolute atomic E-state index is 14.2. The molecule has 354 valence electrons. The number of methoxy groups -OCH3 is 2. The molecule has 64 heavy (non-hydrogen) atoms. The molecule has 1 aliphatic rings. The third-order valence-corrected chi connectivity index (χ3v) is 12.0. The molecule has 0 radical (unpaired) electrons. The van der Waals surface area contributed by atoms with Crippen LogP contribution in [0.15, 0.2) is 54.6 Å². The van der Waals surface area contributed by atoms with Crippen LogP contribution in [-0.2, 0) is 56.0 Å². The Labute approximate surface area is 378 Å². The van der Waals surface area contributed by atoms with Crippen LogP contribution in [0.2, 0.25) is 0 Å². The number of nitrogens with one attached hydrogen (secondary N) is 4. The van der Waals surface area contributed by atoms with Gasteiger partial charge in [-0.25, -0.2) is 4.79 Å². The Morgan fingerprint density at radius 2 is 1.53 bits per heavy atom. The summed E-state index contributed by atoms with van der Waals surface area (Å²) in [5.41, 5.74) is 2.25. The molecule has 1 saturated heterocycles. The summed E-state index contributed by atoms with van der Waals surface area (Å²) < 4.78 is 17.4. The Bertz CT molecular complexity index is 1830. The molecule has 3 rings (SSSR count). The SMILES string of the molecule is CC[C@H](C)C(C(CC(=O)N1CCCC1[C@H](OC)C(C)C(=O)N[C@H](C)Cc1ccccc1)OC)N(C)C(=O)CNC(=O)C(C(C)C)N(C)C(=O)OCc1ccc(NC(=O)CNC=O)cc1. The molecule has 5 unspecified atom stereocenters. The summed E-state index contributed by atoms with van der Waals surface area (Å²) in [6.45, 7) is 11.2. The summed E-state index contributed by atoms with van der Waals surface area (Å²) in [7, 11) is 6.17. The van der Waals surface area contributed by atoms with Gasteiger partial charge in [-0.15, -0.1) is 0 Å². The number of hydrogen-bond acceptors (Lipinski definition) is 10. The van der Waals surface area contributed by atoms with Crippen LogP contribution in [0.4, 0.5) is 10.5 Å². The molecule has 4 N–H and O–H groups in total. The minimum absolute atomic E-state index is 0.0136. The van der Waals surface area contributed by atoms with Gasteiger partial charge in [-0.1, -0.05) is 83.5 Å². The number of likely N-dealkylation sites (N-methyl/N-ethyl adjacent to an activating group) is 2. The van der Waals surface area contributed by atoms with E-state index in [1.165, 1.54) is 24.0 Å². The minimum atomic E-state index is -0.964. The standard InChI is InChI=1S/C47H71N7O10/c1-11-31(4)43(38(62-9)25-40(57)54-23-15-18-37(54)44(63-10)33(6)45(59)50-32(5)24-34-16-13-12-14-17-34)52(7)41(58)27-49-46(60)42(30(2)3)53(8)47(61)64-28-35-19-21-36(22-20-35)51-39(56)26-48-29-55/h12-14,16-17,19-22,29-33,37-38,42-44H,11,15,18,23-28H2,1-10H3,(H,48,55)(H,49,60)(H,50,59)(H,51,56)/t31-,32+,33?,37?,38?,42?,43?,44+/m0/s1. The molecule has 0 aliphatic carbocycles. The highest BCUT2D eigenvalue weighted by Crippen LogP contribution is 2.29. The predicted molar refractivity (Wildman–Crippen MR) is 243 cm³/mol. The highest BCUT2D eigenvalue weighted by Gasteiger charge is 2.42. The van der Waals surface area contributed by atoms with Crippen molar-refractivity contribution >= 4 is 47.7 Å². The lowest BCUT2D eigenvalue weighted by molar-refractivity contribution is -0.146. The van der Waals surface area contributed by atoms with Crippen LogP contribution in [-0.4, -0.2) is 141 Å². The molecule has 1 heterocycles. The Balaban J connectivity index is 1.61. The van der Waals surface area contributed by atoms with Crippen molar-refractivity contribution in [1.82, 2.24) is 30.7 Å². The van der Waals surface area contributed by atoms with Crippen molar-refractivity contribution < 1.29 is 47.8 Å². The number of hydrogen-bond donors (Lipinski definition) is 4. The van der Waals surface area contributed by atoms with Crippen molar-refractivity contribution in [2.24, 2.45) is 17.8 Å². The summed E-state index contributed by atoms with van der Waals surface area (Å²) in [6.07, 6.45) is 1.24. The van der Waals surface area contributed by atoms with E-state index < -0.39 is 54.0 Å². The highest BCUT2D eigenvalue weighted by atomic mass is 16.6. The average Bonchev–Trinajstić information content (AvgIpc) is 3.76. The van der Waals surface area contributed by atoms with E-state index in [0.29, 0.717) is 43.5 Å². The van der Waals surface area contributed by atoms with E-state index in [1.54, 1.807) is 57.2 Å². The molecule has 1 fully saturated rings. The van der Waals surface area contributed by atoms with E-state index >= 15 is 0 Å². The van der Waals surface area contributed by atoms with Crippen LogP contribution in [0.1, 0.15) is 78.4 Å². The Morgan fingerprint density at radius 3 is 2.12 bits per heavy atom. The number of carbonyl (C=O) groups is 7. The van der Waals surface area contributed by atoms with Crippen molar-refractivity contribution in [3.63, 3.8) is 0 Å². The van der Waals surface area contributed by atoms with Gasteiger partial charge >= 0.3 is 6.09 Å². The van der Waals surface area contributed by atoms with Crippen LogP contribution in [0.5, 0.6) is 0 Å². The number of carbonyl (C=O) groups excluding carboxylic acids is 7. The molecule has 17 nitrogen and oxygen atoms in total. The van der Waals surface area contributed by atoms with E-state index in [4.69, 9.17) is 14.2 Å². The lowest BCUT2D eigenvalue weighted by Gasteiger charge is -2.39. The second-order valence-corrected chi connectivity index (χ2v) is 17.1. The quantitative estimate of drug-likeness (QED) is 0.106. The molecular formula is C47H71N7O10. The second kappa shape index (κ2) is 26.3. The first-order chi connectivity index (χ1) is 30.5. The van der Waals surface area contributed by atoms with Crippen molar-refractivity contribution in [2.75, 3.05) is 53.3 Å². The number of benzene rings is 2. The third kappa shape index (κ3) is 15.3. The van der Waals surface area contributed by atoms with Crippen LogP contribution in [0, 0.1) is 17.8 Å². The summed E-state index contributed by atoms with van der Waals surface area (Å²) in [4.78, 5) is 95.0. The topological polar surface area (TPSA) is 205 Å². The largest absolute Gasteiger partial charge is 0.445 e. The van der Waals surface area contributed by atoms with Crippen LogP contribution < -0.4 is 21.3 Å². The van der Waals surface area contributed by atoms with Crippen molar-refractivity contribution in [2.45, 2.75) is 117 Å². The summed E-state index contributed by atoms with van der Waals surface area (Å²) in [6, 6.07) is 14.6. The zero-order chi connectivity index (χ0) is 47.5. The fourth-order valence-corrected chi connectivity index (χ4v) is 8.42. The molecule has 8 atom stereocenters. The summed E-state index contributed by atoms with van der Waals surface area (Å²) >= 11 is 0. The van der Waals surface area contributed by atoms with E-state index in [9.17, 15) is 33.6 Å². The average molecular weight is 894 g/mol. The molecular weight excluding hydrogens is 823 g/mol. The van der Waals surface area contributed by atoms with Crippen LogP contribution in [0.3, 0.4) is 0 Å². The van der Waals surface area contributed by atoms with Crippen LogP contribution in [0.25, 0.3) is 0 Å². The van der Waals surface area contributed by atoms with Gasteiger partial charge in [0.1, 0.15) is 12.6 Å². The fourth-order valence-electron chi connectivity index (χ4n) is 8.42. The lowest BCUT2D eigenvalue weighted by atomic mass is 9.90. The summed E-state index contributed by atoms with van der Waals surface area (Å²) in [5, 5.41) is 10.7. The Morgan fingerprint density at radius 1 is 0.859 bits per heavy atom. The zero-order valence-electron chi connectivity index (χ0n) is 39.3. The van der Waals surface area contributed by atoms with Gasteiger partial charge in [0.2, 0.25) is 35.9 Å². The first-order valence-corrected chi connectivity index (χ1v) is 22.2. The normalized spacial score (nSPS) is 16.9. The van der Waals surface area contributed by atoms with Crippen LogP contribution >= 0.6 is 0 Å². The Hall–Kier alpha value is -5.55. The number of rotatable bonds is 25. The molecule has 0 saturated carbocycles. The lowest BCUT2D eigenvalue weighted by Crippen LogP contribution is -2.56. The van der Waals surface area contributed by atoms with Gasteiger partial charge in [-0.3, -0.25) is 33.7 Å². The summed E-state index contributed by atoms with van der Waals surface area (Å²) in [5.74, 6) is -2.61. The smallest absolute Gasteiger partial charge is 0.410 e. The molecule has 2 aromatic carbocycles. The molecule has 0 spiro atoms. The van der Waals surface area contributed by atoms with Gasteiger partial charge in [0, 0.05) is 46.6 Å². The van der Waals surface area contributed by atoms with Gasteiger partial charge in [0.25, 0.3) is 0 Å². The predicted octanol–water partition coefficient (Wildman–Crippen LogP) is 3.75. The number of ether oxygens (including phenoxy) is 3. The van der Waals surface area contributed by atoms with Crippen molar-refractivity contribution in [3.05, 3.63) is 65.7 Å². The molecule has 2 aromatic rings. The molecule has 7 amide bonds. The maximum atomic E-state index is 14.2. The number of anilines is 1. The Kier molecular flexibility index (Phi) is 21.7. The molecule has 1 aliphatic heterocycles. The van der Waals surface area contributed by atoms with Gasteiger partial charge in [-0.2, -0.15) is 0 Å². The number of likely N-dealkylation sites (tertiary alicyclic amines) is 1. The van der Waals surface area contributed by atoms with E-state index in [-0.39, 0.29) is 61.9 Å². The van der Waals surface area contributed by atoms with E-state index in [2.05, 4.69) is 21.3 Å². The van der Waals surface area contributed by atoms with Gasteiger partial charge in [0.15, 0.2) is 0 Å². The third-order valence-electron chi connectivity index (χ3n) is 12.0. The first-order valence-electron chi connectivity index (χ1n) is 22.2. The number of amides is 7. The molecule has 17 heteroatoms. The highest BCUT2D eigenvalue weighted by molar-refractivity contribution is 5.93. The fraction of sp³-hybridized carbons (Fsp3) is 0.596. The van der Waals surface area contributed by atoms with Gasteiger partial charge < -0.3 is 45.3 Å². The minimum Gasteiger partial charge on any atom is -0.445 e. The van der Waals surface area contributed by atoms with E-state index in [1.807, 2.05) is 58.0 Å².